The molecule has 3 aromatic rings. The monoisotopic (exact) mass is 507 g/mol. The number of hydrogen-bond acceptors (Lipinski definition) is 9. The van der Waals surface area contributed by atoms with Gasteiger partial charge in [0.1, 0.15) is 22.0 Å². The van der Waals surface area contributed by atoms with Crippen molar-refractivity contribution in [1.29, 1.82) is 0 Å². The summed E-state index contributed by atoms with van der Waals surface area (Å²) in [5.74, 6) is 1.58. The first-order valence-electron chi connectivity index (χ1n) is 12.5. The summed E-state index contributed by atoms with van der Waals surface area (Å²) in [7, 11) is 0. The molecule has 2 saturated heterocycles. The number of anilines is 3. The molecule has 0 bridgehead atoms. The van der Waals surface area contributed by atoms with E-state index >= 15 is 0 Å². The molecular weight excluding hydrogens is 474 g/mol. The fraction of sp³-hybridized carbons (Fsp3) is 0.462. The second-order valence-corrected chi connectivity index (χ2v) is 10.6. The van der Waals surface area contributed by atoms with Crippen LogP contribution in [0.4, 0.5) is 16.8 Å². The van der Waals surface area contributed by atoms with E-state index in [-0.39, 0.29) is 24.2 Å². The Kier molecular flexibility index (Phi) is 7.45. The molecule has 9 nitrogen and oxygen atoms in total. The predicted molar refractivity (Wildman–Crippen MR) is 144 cm³/mol. The minimum atomic E-state index is -0.000601. The number of carbonyl (C=O) groups is 1. The lowest BCUT2D eigenvalue weighted by atomic mass is 10.0. The number of piperidine rings is 1. The summed E-state index contributed by atoms with van der Waals surface area (Å²) in [6.45, 7) is 11.9. The lowest BCUT2D eigenvalue weighted by molar-refractivity contribution is -0.126. The van der Waals surface area contributed by atoms with Crippen LogP contribution in [0.1, 0.15) is 32.3 Å². The van der Waals surface area contributed by atoms with Gasteiger partial charge in [-0.1, -0.05) is 17.9 Å². The number of amides is 1. The van der Waals surface area contributed by atoms with Gasteiger partial charge in [-0.25, -0.2) is 15.0 Å². The number of rotatable bonds is 7. The van der Waals surface area contributed by atoms with Crippen LogP contribution in [0.15, 0.2) is 43.1 Å². The van der Waals surface area contributed by atoms with Crippen molar-refractivity contribution in [3.63, 3.8) is 0 Å². The first kappa shape index (κ1) is 24.6. The van der Waals surface area contributed by atoms with E-state index in [9.17, 15) is 4.79 Å². The summed E-state index contributed by atoms with van der Waals surface area (Å²) in [6.07, 6.45) is 5.34. The average molecular weight is 508 g/mol. The van der Waals surface area contributed by atoms with Crippen molar-refractivity contribution in [3.05, 3.63) is 48.7 Å². The zero-order valence-corrected chi connectivity index (χ0v) is 21.6. The number of pyridine rings is 2. The van der Waals surface area contributed by atoms with Gasteiger partial charge < -0.3 is 20.3 Å². The van der Waals surface area contributed by atoms with Crippen LogP contribution >= 0.6 is 11.3 Å². The summed E-state index contributed by atoms with van der Waals surface area (Å²) < 4.78 is 5.92. The third-order valence-corrected chi connectivity index (χ3v) is 7.42. The second-order valence-electron chi connectivity index (χ2n) is 9.62. The molecule has 0 aromatic carbocycles. The predicted octanol–water partition coefficient (Wildman–Crippen LogP) is 4.03. The zero-order chi connectivity index (χ0) is 25.1. The Morgan fingerprint density at radius 2 is 1.94 bits per heavy atom. The van der Waals surface area contributed by atoms with Crippen LogP contribution in [0.2, 0.25) is 0 Å². The molecule has 3 aromatic heterocycles. The summed E-state index contributed by atoms with van der Waals surface area (Å²) in [6, 6.07) is 8.35. The molecule has 2 aliphatic rings. The van der Waals surface area contributed by atoms with Gasteiger partial charge in [-0.3, -0.25) is 9.69 Å². The number of aromatic nitrogens is 3. The van der Waals surface area contributed by atoms with Crippen molar-refractivity contribution < 1.29 is 9.53 Å². The molecule has 10 heteroatoms. The number of nitrogens with zero attached hydrogens (tertiary/aromatic N) is 5. The van der Waals surface area contributed by atoms with Gasteiger partial charge in [0, 0.05) is 45.0 Å². The molecule has 2 fully saturated rings. The van der Waals surface area contributed by atoms with Gasteiger partial charge in [-0.2, -0.15) is 0 Å². The Balaban J connectivity index is 1.35. The molecule has 5 heterocycles. The van der Waals surface area contributed by atoms with E-state index in [4.69, 9.17) is 9.72 Å². The van der Waals surface area contributed by atoms with Crippen LogP contribution in [0.3, 0.4) is 0 Å². The van der Waals surface area contributed by atoms with Crippen molar-refractivity contribution >= 4 is 44.4 Å². The Bertz CT molecular complexity index is 1180. The highest BCUT2D eigenvalue weighted by Crippen LogP contribution is 2.28. The molecule has 2 aliphatic heterocycles. The van der Waals surface area contributed by atoms with Crippen molar-refractivity contribution in [2.24, 2.45) is 0 Å². The zero-order valence-electron chi connectivity index (χ0n) is 20.8. The first-order valence-corrected chi connectivity index (χ1v) is 13.3. The summed E-state index contributed by atoms with van der Waals surface area (Å²) in [5.41, 5.74) is 2.05. The lowest BCUT2D eigenvalue weighted by Crippen LogP contribution is -2.44. The van der Waals surface area contributed by atoms with Gasteiger partial charge in [-0.15, -0.1) is 0 Å². The van der Waals surface area contributed by atoms with E-state index in [1.54, 1.807) is 6.20 Å². The molecule has 0 spiro atoms. The molecule has 2 N–H and O–H groups in total. The van der Waals surface area contributed by atoms with Crippen LogP contribution in [-0.4, -0.2) is 75.1 Å². The highest BCUT2D eigenvalue weighted by molar-refractivity contribution is 7.21. The SMILES string of the molecule is C=CC(=O)N1CCC(Nc2cc(CN3C[C@@H](C)O[C@@H](C)C3)cc(Nc3nc4cccnc4s3)n2)CC1. The maximum Gasteiger partial charge on any atom is 0.245 e. The number of fused-ring (bicyclic) bond motifs is 1. The van der Waals surface area contributed by atoms with Gasteiger partial charge in [0.2, 0.25) is 5.91 Å². The average Bonchev–Trinajstić information content (AvgIpc) is 3.25. The first-order chi connectivity index (χ1) is 17.4. The largest absolute Gasteiger partial charge is 0.373 e. The number of morpholine rings is 1. The van der Waals surface area contributed by atoms with E-state index < -0.39 is 0 Å². The quantitative estimate of drug-likeness (QED) is 0.463. The molecule has 190 valence electrons. The highest BCUT2D eigenvalue weighted by atomic mass is 32.1. The van der Waals surface area contributed by atoms with Crippen LogP contribution in [0.5, 0.6) is 0 Å². The van der Waals surface area contributed by atoms with Crippen LogP contribution in [0, 0.1) is 0 Å². The summed E-state index contributed by atoms with van der Waals surface area (Å²) in [4.78, 5) is 31.1. The minimum Gasteiger partial charge on any atom is -0.373 e. The van der Waals surface area contributed by atoms with Gasteiger partial charge in [0.15, 0.2) is 5.13 Å². The van der Waals surface area contributed by atoms with E-state index in [0.29, 0.717) is 0 Å². The van der Waals surface area contributed by atoms with E-state index in [1.807, 2.05) is 17.0 Å². The maximum atomic E-state index is 11.9. The number of hydrogen-bond donors (Lipinski definition) is 2. The van der Waals surface area contributed by atoms with Crippen LogP contribution in [0.25, 0.3) is 10.3 Å². The van der Waals surface area contributed by atoms with Gasteiger partial charge in [-0.05, 0) is 62.6 Å². The molecule has 2 atom stereocenters. The summed E-state index contributed by atoms with van der Waals surface area (Å²) >= 11 is 1.51. The molecule has 5 rings (SSSR count). The second kappa shape index (κ2) is 10.9. The van der Waals surface area contributed by atoms with E-state index in [2.05, 4.69) is 58.1 Å². The molecule has 0 saturated carbocycles. The van der Waals surface area contributed by atoms with Crippen molar-refractivity contribution in [3.8, 4) is 0 Å². The van der Waals surface area contributed by atoms with Crippen LogP contribution < -0.4 is 10.6 Å². The Morgan fingerprint density at radius 3 is 2.67 bits per heavy atom. The third-order valence-electron chi connectivity index (χ3n) is 6.52. The van der Waals surface area contributed by atoms with Crippen molar-refractivity contribution in [1.82, 2.24) is 24.8 Å². The fourth-order valence-corrected chi connectivity index (χ4v) is 5.82. The number of nitrogens with one attached hydrogen (secondary N) is 2. The van der Waals surface area contributed by atoms with E-state index in [1.165, 1.54) is 23.0 Å². The summed E-state index contributed by atoms with van der Waals surface area (Å²) in [5, 5.41) is 7.79. The lowest BCUT2D eigenvalue weighted by Gasteiger charge is -2.35. The minimum absolute atomic E-state index is 0.000601. The van der Waals surface area contributed by atoms with Crippen molar-refractivity contribution in [2.45, 2.75) is 51.5 Å². The highest BCUT2D eigenvalue weighted by Gasteiger charge is 2.24. The number of carbonyl (C=O) groups excluding carboxylic acids is 1. The molecule has 36 heavy (non-hydrogen) atoms. The topological polar surface area (TPSA) is 95.5 Å². The molecule has 0 radical (unpaired) electrons. The molecule has 0 unspecified atom stereocenters. The molecular formula is C26H33N7O2S. The van der Waals surface area contributed by atoms with Crippen molar-refractivity contribution in [2.75, 3.05) is 36.8 Å². The van der Waals surface area contributed by atoms with Crippen LogP contribution in [-0.2, 0) is 16.1 Å². The Labute approximate surface area is 215 Å². The standard InChI is InChI=1S/C26H33N7O2S/c1-4-24(34)33-10-7-20(8-11-33)28-22-12-19(16-32-14-17(2)35-18(3)15-32)13-23(30-22)31-26-29-21-6-5-9-27-25(21)36-26/h4-6,9,12-13,17-18,20H,1,7-8,10-11,14-16H2,2-3H3,(H2,28,29,30,31)/t17-,18+. The van der Waals surface area contributed by atoms with Gasteiger partial charge in [0.25, 0.3) is 0 Å². The fourth-order valence-electron chi connectivity index (χ4n) is 5.00. The smallest absolute Gasteiger partial charge is 0.245 e. The molecule has 1 amide bonds. The third kappa shape index (κ3) is 6.00. The normalized spacial score (nSPS) is 21.4. The van der Waals surface area contributed by atoms with Gasteiger partial charge in [0.05, 0.1) is 12.2 Å². The maximum absolute atomic E-state index is 11.9. The van der Waals surface area contributed by atoms with Gasteiger partial charge >= 0.3 is 0 Å². The Hall–Kier alpha value is -3.08. The number of ether oxygens (including phenoxy) is 1. The number of likely N-dealkylation sites (tertiary alicyclic amines) is 1. The Morgan fingerprint density at radius 1 is 1.19 bits per heavy atom. The number of thiazole rings is 1. The molecule has 0 aliphatic carbocycles. The van der Waals surface area contributed by atoms with E-state index in [0.717, 1.165) is 72.7 Å².